The summed E-state index contributed by atoms with van der Waals surface area (Å²) < 4.78 is 20.2. The van der Waals surface area contributed by atoms with Crippen LogP contribution in [-0.4, -0.2) is 28.5 Å². The predicted molar refractivity (Wildman–Crippen MR) is 128 cm³/mol. The Labute approximate surface area is 201 Å². The minimum Gasteiger partial charge on any atom is -0.493 e. The highest BCUT2D eigenvalue weighted by Gasteiger charge is 2.44. The van der Waals surface area contributed by atoms with Gasteiger partial charge in [-0.25, -0.2) is 9.37 Å². The van der Waals surface area contributed by atoms with Gasteiger partial charge in [0.2, 0.25) is 5.95 Å². The van der Waals surface area contributed by atoms with Gasteiger partial charge in [0, 0.05) is 12.1 Å². The molecule has 6 nitrogen and oxygen atoms in total. The van der Waals surface area contributed by atoms with Crippen LogP contribution < -0.4 is 15.4 Å². The minimum absolute atomic E-state index is 0.0250. The number of aromatic nitrogens is 2. The van der Waals surface area contributed by atoms with Crippen LogP contribution in [0.3, 0.4) is 0 Å². The summed E-state index contributed by atoms with van der Waals surface area (Å²) in [5, 5.41) is 6.16. The van der Waals surface area contributed by atoms with Crippen LogP contribution in [0.1, 0.15) is 55.8 Å². The number of fused-ring (bicyclic) bond motifs is 1. The van der Waals surface area contributed by atoms with Crippen molar-refractivity contribution in [2.45, 2.75) is 51.5 Å². The Morgan fingerprint density at radius 2 is 1.94 bits per heavy atom. The van der Waals surface area contributed by atoms with E-state index in [1.165, 1.54) is 37.8 Å². The maximum absolute atomic E-state index is 14.4. The average Bonchev–Trinajstić information content (AvgIpc) is 3.44. The fraction of sp³-hybridized carbons (Fsp3) is 0.417. The quantitative estimate of drug-likeness (QED) is 0.340. The number of nitrogens with one attached hydrogen (secondary N) is 3. The van der Waals surface area contributed by atoms with Crippen LogP contribution in [0, 0.1) is 11.2 Å². The van der Waals surface area contributed by atoms with Gasteiger partial charge in [-0.3, -0.25) is 4.79 Å². The molecule has 0 bridgehead atoms. The second kappa shape index (κ2) is 8.69. The normalized spacial score (nSPS) is 17.3. The molecule has 3 aromatic rings. The van der Waals surface area contributed by atoms with E-state index in [9.17, 15) is 9.18 Å². The van der Waals surface area contributed by atoms with E-state index in [1.54, 1.807) is 12.1 Å². The summed E-state index contributed by atoms with van der Waals surface area (Å²) in [4.78, 5) is 20.7. The lowest BCUT2D eigenvalue weighted by Gasteiger charge is -2.29. The molecule has 5 rings (SSSR count). The number of rotatable bonds is 6. The molecule has 0 atom stereocenters. The molecule has 174 valence electrons. The van der Waals surface area contributed by atoms with Gasteiger partial charge in [-0.1, -0.05) is 23.2 Å². The summed E-state index contributed by atoms with van der Waals surface area (Å²) in [7, 11) is 0. The van der Waals surface area contributed by atoms with E-state index in [0.29, 0.717) is 34.4 Å². The zero-order valence-corrected chi connectivity index (χ0v) is 19.7. The molecule has 3 N–H and O–H groups in total. The molecule has 2 fully saturated rings. The standard InChI is InChI=1S/C24H25Cl2FN4O2/c1-2-33-19-12-18-17(29-23(30-18)31-21-16(26)4-3-15(25)20(21)27)11-14(19)22(32)28-13-5-7-24(8-6-13)9-10-24/h3-4,11-13H,2,5-10H2,1H3,(H,28,32)(H2,29,30,31). The van der Waals surface area contributed by atoms with Crippen molar-refractivity contribution in [3.8, 4) is 5.75 Å². The number of ether oxygens (including phenoxy) is 1. The number of benzene rings is 2. The molecule has 2 aromatic carbocycles. The van der Waals surface area contributed by atoms with E-state index in [2.05, 4.69) is 20.6 Å². The van der Waals surface area contributed by atoms with Gasteiger partial charge in [0.25, 0.3) is 5.91 Å². The number of anilines is 2. The summed E-state index contributed by atoms with van der Waals surface area (Å²) >= 11 is 12.0. The van der Waals surface area contributed by atoms with Gasteiger partial charge in [0.15, 0.2) is 5.82 Å². The highest BCUT2D eigenvalue weighted by molar-refractivity contribution is 6.35. The first-order chi connectivity index (χ1) is 15.9. The molecule has 0 aliphatic heterocycles. The van der Waals surface area contributed by atoms with Crippen LogP contribution in [0.2, 0.25) is 10.0 Å². The second-order valence-corrected chi connectivity index (χ2v) is 9.79. The Balaban J connectivity index is 1.40. The molecular weight excluding hydrogens is 466 g/mol. The largest absolute Gasteiger partial charge is 0.493 e. The summed E-state index contributed by atoms with van der Waals surface area (Å²) in [6, 6.07) is 6.50. The minimum atomic E-state index is -0.667. The molecule has 0 radical (unpaired) electrons. The van der Waals surface area contributed by atoms with Crippen molar-refractivity contribution in [1.29, 1.82) is 0 Å². The lowest BCUT2D eigenvalue weighted by molar-refractivity contribution is 0.0916. The van der Waals surface area contributed by atoms with Gasteiger partial charge in [0.1, 0.15) is 5.75 Å². The number of halogens is 3. The zero-order chi connectivity index (χ0) is 23.2. The van der Waals surface area contributed by atoms with Crippen molar-refractivity contribution >= 4 is 51.8 Å². The van der Waals surface area contributed by atoms with Gasteiger partial charge in [-0.05, 0) is 69.1 Å². The number of carbonyl (C=O) groups excluding carboxylic acids is 1. The van der Waals surface area contributed by atoms with Crippen LogP contribution in [0.25, 0.3) is 11.0 Å². The van der Waals surface area contributed by atoms with E-state index in [4.69, 9.17) is 27.9 Å². The third kappa shape index (κ3) is 4.49. The van der Waals surface area contributed by atoms with E-state index >= 15 is 0 Å². The summed E-state index contributed by atoms with van der Waals surface area (Å²) in [6.45, 7) is 2.28. The number of carbonyl (C=O) groups is 1. The molecule has 2 saturated carbocycles. The van der Waals surface area contributed by atoms with E-state index in [-0.39, 0.29) is 33.6 Å². The number of hydrogen-bond acceptors (Lipinski definition) is 4. The van der Waals surface area contributed by atoms with Gasteiger partial charge in [0.05, 0.1) is 38.9 Å². The van der Waals surface area contributed by atoms with Crippen molar-refractivity contribution in [2.75, 3.05) is 11.9 Å². The molecule has 1 heterocycles. The Hall–Kier alpha value is -2.51. The Morgan fingerprint density at radius 1 is 1.21 bits per heavy atom. The maximum atomic E-state index is 14.4. The van der Waals surface area contributed by atoms with Crippen LogP contribution in [-0.2, 0) is 0 Å². The highest BCUT2D eigenvalue weighted by atomic mass is 35.5. The van der Waals surface area contributed by atoms with E-state index in [1.807, 2.05) is 6.92 Å². The first-order valence-electron chi connectivity index (χ1n) is 11.3. The summed E-state index contributed by atoms with van der Waals surface area (Å²) in [6.07, 6.45) is 7.07. The number of hydrogen-bond donors (Lipinski definition) is 3. The van der Waals surface area contributed by atoms with E-state index < -0.39 is 5.82 Å². The number of aromatic amines is 1. The van der Waals surface area contributed by atoms with Crippen molar-refractivity contribution in [3.05, 3.63) is 45.7 Å². The SMILES string of the molecule is CCOc1cc2nc(Nc3c(Cl)ccc(Cl)c3F)[nH]c2cc1C(=O)NC1CCC2(CC1)CC2. The number of imidazole rings is 1. The molecule has 1 spiro atoms. The fourth-order valence-electron chi connectivity index (χ4n) is 4.62. The number of nitrogens with zero attached hydrogens (tertiary/aromatic N) is 1. The summed E-state index contributed by atoms with van der Waals surface area (Å²) in [5.74, 6) is -0.0950. The van der Waals surface area contributed by atoms with Gasteiger partial charge < -0.3 is 20.4 Å². The van der Waals surface area contributed by atoms with Gasteiger partial charge in [-0.2, -0.15) is 0 Å². The molecule has 9 heteroatoms. The monoisotopic (exact) mass is 490 g/mol. The molecule has 2 aliphatic carbocycles. The van der Waals surface area contributed by atoms with Crippen LogP contribution in [0.15, 0.2) is 24.3 Å². The topological polar surface area (TPSA) is 79.0 Å². The highest BCUT2D eigenvalue weighted by Crippen LogP contribution is 2.56. The first kappa shape index (κ1) is 22.3. The Kier molecular flexibility index (Phi) is 5.87. The van der Waals surface area contributed by atoms with Crippen molar-refractivity contribution in [3.63, 3.8) is 0 Å². The fourth-order valence-corrected chi connectivity index (χ4v) is 4.97. The molecule has 0 unspecified atom stereocenters. The van der Waals surface area contributed by atoms with Crippen LogP contribution >= 0.6 is 23.2 Å². The third-order valence-corrected chi connectivity index (χ3v) is 7.36. The maximum Gasteiger partial charge on any atom is 0.255 e. The average molecular weight is 491 g/mol. The smallest absolute Gasteiger partial charge is 0.255 e. The molecule has 1 aromatic heterocycles. The van der Waals surface area contributed by atoms with Gasteiger partial charge in [-0.15, -0.1) is 0 Å². The predicted octanol–water partition coefficient (Wildman–Crippen LogP) is 6.60. The zero-order valence-electron chi connectivity index (χ0n) is 18.2. The molecule has 33 heavy (non-hydrogen) atoms. The van der Waals surface area contributed by atoms with Crippen molar-refractivity contribution in [1.82, 2.24) is 15.3 Å². The van der Waals surface area contributed by atoms with Crippen LogP contribution in [0.4, 0.5) is 16.0 Å². The molecule has 2 aliphatic rings. The number of amides is 1. The third-order valence-electron chi connectivity index (χ3n) is 6.75. The Morgan fingerprint density at radius 3 is 2.64 bits per heavy atom. The van der Waals surface area contributed by atoms with Gasteiger partial charge >= 0.3 is 0 Å². The van der Waals surface area contributed by atoms with Crippen LogP contribution in [0.5, 0.6) is 5.75 Å². The van der Waals surface area contributed by atoms with Crippen molar-refractivity contribution in [2.24, 2.45) is 5.41 Å². The number of H-pyrrole nitrogens is 1. The Bertz CT molecular complexity index is 1210. The molecule has 0 saturated heterocycles. The molecular formula is C24H25Cl2FN4O2. The summed E-state index contributed by atoms with van der Waals surface area (Å²) in [5.41, 5.74) is 2.23. The van der Waals surface area contributed by atoms with E-state index in [0.717, 1.165) is 12.8 Å². The molecule has 1 amide bonds. The second-order valence-electron chi connectivity index (χ2n) is 8.97. The first-order valence-corrected chi connectivity index (χ1v) is 12.0. The lowest BCUT2D eigenvalue weighted by Crippen LogP contribution is -2.38. The van der Waals surface area contributed by atoms with Crippen molar-refractivity contribution < 1.29 is 13.9 Å². The lowest BCUT2D eigenvalue weighted by atomic mass is 9.83.